The van der Waals surface area contributed by atoms with E-state index in [1.165, 1.54) is 6.92 Å². The van der Waals surface area contributed by atoms with Gasteiger partial charge in [-0.1, -0.05) is 11.8 Å². The van der Waals surface area contributed by atoms with Crippen LogP contribution in [0.25, 0.3) is 0 Å². The molecule has 0 radical (unpaired) electrons. The number of alkyl halides is 2. The number of rotatable bonds is 3. The monoisotopic (exact) mass is 207 g/mol. The molecule has 7 heteroatoms. The highest BCUT2D eigenvalue weighted by Gasteiger charge is 2.06. The minimum Gasteiger partial charge on any atom is -0.298 e. The molecule has 0 bridgehead atoms. The number of halogens is 2. The second-order valence-corrected chi connectivity index (χ2v) is 3.26. The lowest BCUT2D eigenvalue weighted by atomic mass is 10.5. The summed E-state index contributed by atoms with van der Waals surface area (Å²) >= 11 is 0.772. The summed E-state index contributed by atoms with van der Waals surface area (Å²) in [5, 5.41) is 7.15. The van der Waals surface area contributed by atoms with Crippen molar-refractivity contribution in [1.82, 2.24) is 15.2 Å². The molecule has 0 spiro atoms. The molecule has 0 aliphatic heterocycles. The highest BCUT2D eigenvalue weighted by Crippen LogP contribution is 2.13. The third-order valence-electron chi connectivity index (χ3n) is 1.19. The maximum Gasteiger partial charge on any atom is 0.273 e. The Morgan fingerprint density at radius 1 is 1.54 bits per heavy atom. The third-order valence-corrected chi connectivity index (χ3v) is 2.06. The van der Waals surface area contributed by atoms with Gasteiger partial charge in [0.15, 0.2) is 5.16 Å². The van der Waals surface area contributed by atoms with E-state index in [1.807, 2.05) is 0 Å². The lowest BCUT2D eigenvalue weighted by Gasteiger charge is -1.98. The maximum atomic E-state index is 11.7. The van der Waals surface area contributed by atoms with Gasteiger partial charge in [-0.2, -0.15) is 0 Å². The van der Waals surface area contributed by atoms with Gasteiger partial charge in [-0.05, 0) is 6.92 Å². The Kier molecular flexibility index (Phi) is 3.35. The molecule has 1 aromatic heterocycles. The van der Waals surface area contributed by atoms with Crippen molar-refractivity contribution in [2.24, 2.45) is 0 Å². The second-order valence-electron chi connectivity index (χ2n) is 2.25. The van der Waals surface area contributed by atoms with Crippen LogP contribution in [0, 0.1) is 6.92 Å². The predicted molar refractivity (Wildman–Crippen MR) is 44.1 cm³/mol. The molecule has 1 N–H and O–H groups in total. The van der Waals surface area contributed by atoms with E-state index in [-0.39, 0.29) is 10.9 Å². The van der Waals surface area contributed by atoms with Gasteiger partial charge in [0, 0.05) is 0 Å². The smallest absolute Gasteiger partial charge is 0.273 e. The summed E-state index contributed by atoms with van der Waals surface area (Å²) in [4.78, 5) is 13.3. The van der Waals surface area contributed by atoms with Crippen LogP contribution in [0.2, 0.25) is 0 Å². The minimum atomic E-state index is -2.42. The average Bonchev–Trinajstić information content (AvgIpc) is 2.07. The molecular formula is C6H7F2N3OS. The van der Waals surface area contributed by atoms with Gasteiger partial charge in [-0.25, -0.2) is 8.78 Å². The molecule has 0 aromatic carbocycles. The SMILES string of the molecule is Cc1nnc(SCC(F)F)[nH]c1=O. The fourth-order valence-electron chi connectivity index (χ4n) is 0.585. The van der Waals surface area contributed by atoms with E-state index in [0.29, 0.717) is 0 Å². The summed E-state index contributed by atoms with van der Waals surface area (Å²) in [6.45, 7) is 1.49. The van der Waals surface area contributed by atoms with Crippen LogP contribution in [0.15, 0.2) is 9.95 Å². The quantitative estimate of drug-likeness (QED) is 0.746. The summed E-state index contributed by atoms with van der Waals surface area (Å²) in [5.41, 5.74) is -0.173. The number of aromatic amines is 1. The van der Waals surface area contributed by atoms with E-state index in [9.17, 15) is 13.6 Å². The summed E-state index contributed by atoms with van der Waals surface area (Å²) in [6, 6.07) is 0. The normalized spacial score (nSPS) is 10.8. The Morgan fingerprint density at radius 2 is 2.23 bits per heavy atom. The molecule has 0 amide bonds. The van der Waals surface area contributed by atoms with Crippen molar-refractivity contribution in [3.8, 4) is 0 Å². The van der Waals surface area contributed by atoms with Crippen molar-refractivity contribution in [2.45, 2.75) is 18.5 Å². The number of H-pyrrole nitrogens is 1. The minimum absolute atomic E-state index is 0.121. The van der Waals surface area contributed by atoms with Crippen LogP contribution in [-0.4, -0.2) is 27.4 Å². The molecule has 0 aliphatic carbocycles. The van der Waals surface area contributed by atoms with Crippen LogP contribution in [0.4, 0.5) is 8.78 Å². The van der Waals surface area contributed by atoms with Crippen LogP contribution in [0.1, 0.15) is 5.69 Å². The van der Waals surface area contributed by atoms with E-state index in [0.717, 1.165) is 11.8 Å². The fourth-order valence-corrected chi connectivity index (χ4v) is 1.13. The number of aryl methyl sites for hydroxylation is 1. The first kappa shape index (κ1) is 10.1. The number of aromatic nitrogens is 3. The number of hydrogen-bond donors (Lipinski definition) is 1. The molecule has 1 heterocycles. The first-order valence-corrected chi connectivity index (χ1v) is 4.42. The summed E-state index contributed by atoms with van der Waals surface area (Å²) in [6.07, 6.45) is -2.42. The molecule has 1 aromatic rings. The molecule has 72 valence electrons. The van der Waals surface area contributed by atoms with Gasteiger partial charge >= 0.3 is 0 Å². The topological polar surface area (TPSA) is 58.6 Å². The lowest BCUT2D eigenvalue weighted by molar-refractivity contribution is 0.176. The average molecular weight is 207 g/mol. The van der Waals surface area contributed by atoms with Gasteiger partial charge in [-0.15, -0.1) is 10.2 Å². The Morgan fingerprint density at radius 3 is 2.77 bits per heavy atom. The van der Waals surface area contributed by atoms with Crippen LogP contribution in [-0.2, 0) is 0 Å². The molecule has 0 unspecified atom stereocenters. The van der Waals surface area contributed by atoms with E-state index in [2.05, 4.69) is 15.2 Å². The van der Waals surface area contributed by atoms with Crippen LogP contribution < -0.4 is 5.56 Å². The molecule has 0 saturated heterocycles. The molecular weight excluding hydrogens is 200 g/mol. The molecule has 0 atom stereocenters. The summed E-state index contributed by atoms with van der Waals surface area (Å²) < 4.78 is 23.5. The Hall–Kier alpha value is -0.980. The van der Waals surface area contributed by atoms with Gasteiger partial charge in [-0.3, -0.25) is 9.78 Å². The molecule has 13 heavy (non-hydrogen) atoms. The van der Waals surface area contributed by atoms with Crippen molar-refractivity contribution in [3.05, 3.63) is 16.0 Å². The zero-order valence-electron chi connectivity index (χ0n) is 6.75. The van der Waals surface area contributed by atoms with Gasteiger partial charge in [0.1, 0.15) is 5.69 Å². The molecule has 0 fully saturated rings. The van der Waals surface area contributed by atoms with Crippen molar-refractivity contribution in [3.63, 3.8) is 0 Å². The van der Waals surface area contributed by atoms with E-state index < -0.39 is 17.7 Å². The number of thioether (sulfide) groups is 1. The largest absolute Gasteiger partial charge is 0.298 e. The van der Waals surface area contributed by atoms with E-state index >= 15 is 0 Å². The molecule has 1 rings (SSSR count). The zero-order valence-corrected chi connectivity index (χ0v) is 7.57. The van der Waals surface area contributed by atoms with Crippen molar-refractivity contribution in [1.29, 1.82) is 0 Å². The van der Waals surface area contributed by atoms with Crippen molar-refractivity contribution < 1.29 is 8.78 Å². The Balaban J connectivity index is 2.69. The molecule has 0 saturated carbocycles. The van der Waals surface area contributed by atoms with Crippen molar-refractivity contribution >= 4 is 11.8 Å². The molecule has 0 aliphatic rings. The van der Waals surface area contributed by atoms with E-state index in [1.54, 1.807) is 0 Å². The Bertz CT molecular complexity index is 341. The summed E-state index contributed by atoms with van der Waals surface area (Å²) in [5.74, 6) is -0.395. The maximum absolute atomic E-state index is 11.7. The highest BCUT2D eigenvalue weighted by molar-refractivity contribution is 7.99. The number of nitrogens with zero attached hydrogens (tertiary/aromatic N) is 2. The first-order valence-electron chi connectivity index (χ1n) is 3.44. The van der Waals surface area contributed by atoms with Crippen LogP contribution in [0.5, 0.6) is 0 Å². The first-order chi connectivity index (χ1) is 6.09. The van der Waals surface area contributed by atoms with Crippen LogP contribution in [0.3, 0.4) is 0 Å². The predicted octanol–water partition coefficient (Wildman–Crippen LogP) is 0.831. The third kappa shape index (κ3) is 3.10. The number of nitrogens with one attached hydrogen (secondary N) is 1. The highest BCUT2D eigenvalue weighted by atomic mass is 32.2. The van der Waals surface area contributed by atoms with Crippen molar-refractivity contribution in [2.75, 3.05) is 5.75 Å². The standard InChI is InChI=1S/C6H7F2N3OS/c1-3-5(12)9-6(11-10-3)13-2-4(7)8/h4H,2H2,1H3,(H,9,11,12). The van der Waals surface area contributed by atoms with E-state index in [4.69, 9.17) is 0 Å². The van der Waals surface area contributed by atoms with Gasteiger partial charge in [0.25, 0.3) is 5.56 Å². The van der Waals surface area contributed by atoms with Gasteiger partial charge in [0.05, 0.1) is 5.75 Å². The fraction of sp³-hybridized carbons (Fsp3) is 0.500. The zero-order chi connectivity index (χ0) is 9.84. The molecule has 4 nitrogen and oxygen atoms in total. The summed E-state index contributed by atoms with van der Waals surface area (Å²) in [7, 11) is 0. The van der Waals surface area contributed by atoms with Gasteiger partial charge < -0.3 is 0 Å². The number of hydrogen-bond acceptors (Lipinski definition) is 4. The second kappa shape index (κ2) is 4.31. The van der Waals surface area contributed by atoms with Gasteiger partial charge in [0.2, 0.25) is 6.43 Å². The lowest BCUT2D eigenvalue weighted by Crippen LogP contribution is -2.14. The van der Waals surface area contributed by atoms with Crippen LogP contribution >= 0.6 is 11.8 Å². The Labute approximate surface area is 76.8 Å².